The van der Waals surface area contributed by atoms with E-state index in [1.165, 1.54) is 9.87 Å². The van der Waals surface area contributed by atoms with Gasteiger partial charge in [-0.05, 0) is 56.9 Å². The maximum Gasteiger partial charge on any atom is 0.243 e. The highest BCUT2D eigenvalue weighted by molar-refractivity contribution is 7.89. The van der Waals surface area contributed by atoms with Crippen molar-refractivity contribution in [2.75, 3.05) is 13.1 Å². The van der Waals surface area contributed by atoms with Crippen LogP contribution in [0.5, 0.6) is 0 Å². The predicted molar refractivity (Wildman–Crippen MR) is 110 cm³/mol. The van der Waals surface area contributed by atoms with Crippen molar-refractivity contribution < 1.29 is 13.2 Å². The predicted octanol–water partition coefficient (Wildman–Crippen LogP) is 3.58. The van der Waals surface area contributed by atoms with Gasteiger partial charge in [-0.3, -0.25) is 4.79 Å². The molecule has 1 atom stereocenters. The molecule has 0 saturated carbocycles. The standard InChI is InChI=1S/C22H28N2O3S/c1-16-9-10-21(17(2)15-16)18(3)23-22(25)19-11-13-24(14-12-19)28(26,27)20-7-5-4-6-8-20/h4-10,15,18-19H,11-14H2,1-3H3,(H,23,25)/t18-/m0/s1. The molecule has 0 aromatic heterocycles. The van der Waals surface area contributed by atoms with Crippen LogP contribution in [-0.2, 0) is 14.8 Å². The minimum absolute atomic E-state index is 0.00392. The van der Waals surface area contributed by atoms with E-state index < -0.39 is 10.0 Å². The lowest BCUT2D eigenvalue weighted by atomic mass is 9.95. The fraction of sp³-hybridized carbons (Fsp3) is 0.409. The molecule has 28 heavy (non-hydrogen) atoms. The molecule has 3 rings (SSSR count). The smallest absolute Gasteiger partial charge is 0.243 e. The van der Waals surface area contributed by atoms with Gasteiger partial charge in [0.25, 0.3) is 0 Å². The van der Waals surface area contributed by atoms with Gasteiger partial charge in [0, 0.05) is 19.0 Å². The van der Waals surface area contributed by atoms with Crippen molar-refractivity contribution in [1.29, 1.82) is 0 Å². The van der Waals surface area contributed by atoms with Crippen LogP contribution in [0.1, 0.15) is 42.5 Å². The Hall–Kier alpha value is -2.18. The molecule has 1 N–H and O–H groups in total. The summed E-state index contributed by atoms with van der Waals surface area (Å²) < 4.78 is 26.9. The Morgan fingerprint density at radius 2 is 1.71 bits per heavy atom. The molecule has 1 aliphatic heterocycles. The van der Waals surface area contributed by atoms with Crippen LogP contribution in [0.3, 0.4) is 0 Å². The second-order valence-electron chi connectivity index (χ2n) is 7.58. The molecule has 0 unspecified atom stereocenters. The first kappa shape index (κ1) is 20.6. The van der Waals surface area contributed by atoms with Gasteiger partial charge in [0.15, 0.2) is 0 Å². The lowest BCUT2D eigenvalue weighted by molar-refractivity contribution is -0.126. The molecule has 1 aliphatic rings. The quantitative estimate of drug-likeness (QED) is 0.834. The van der Waals surface area contributed by atoms with Crippen LogP contribution in [-0.4, -0.2) is 31.7 Å². The lowest BCUT2D eigenvalue weighted by Gasteiger charge is -2.31. The van der Waals surface area contributed by atoms with E-state index in [-0.39, 0.29) is 17.9 Å². The SMILES string of the molecule is Cc1ccc([C@H](C)NC(=O)C2CCN(S(=O)(=O)c3ccccc3)CC2)c(C)c1. The van der Waals surface area contributed by atoms with Crippen molar-refractivity contribution in [2.45, 2.75) is 44.6 Å². The second kappa shape index (κ2) is 8.45. The molecule has 5 nitrogen and oxygen atoms in total. The summed E-state index contributed by atoms with van der Waals surface area (Å²) in [4.78, 5) is 13.0. The molecular formula is C22H28N2O3S. The first-order valence-corrected chi connectivity index (χ1v) is 11.2. The zero-order chi connectivity index (χ0) is 20.3. The number of aryl methyl sites for hydroxylation is 2. The van der Waals surface area contributed by atoms with Crippen LogP contribution in [0.4, 0.5) is 0 Å². The van der Waals surface area contributed by atoms with E-state index in [2.05, 4.69) is 37.4 Å². The molecule has 0 spiro atoms. The molecule has 2 aromatic carbocycles. The molecule has 0 radical (unpaired) electrons. The molecule has 150 valence electrons. The number of nitrogens with one attached hydrogen (secondary N) is 1. The molecule has 6 heteroatoms. The monoisotopic (exact) mass is 400 g/mol. The van der Waals surface area contributed by atoms with E-state index in [1.54, 1.807) is 30.3 Å². The third-order valence-corrected chi connectivity index (χ3v) is 7.37. The Balaban J connectivity index is 1.59. The van der Waals surface area contributed by atoms with E-state index in [4.69, 9.17) is 0 Å². The largest absolute Gasteiger partial charge is 0.349 e. The van der Waals surface area contributed by atoms with Gasteiger partial charge in [-0.1, -0.05) is 42.0 Å². The summed E-state index contributed by atoms with van der Waals surface area (Å²) in [5.74, 6) is -0.153. The number of piperidine rings is 1. The summed E-state index contributed by atoms with van der Waals surface area (Å²) >= 11 is 0. The summed E-state index contributed by atoms with van der Waals surface area (Å²) in [5, 5.41) is 3.10. The third kappa shape index (κ3) is 4.45. The Bertz CT molecular complexity index is 934. The first-order valence-electron chi connectivity index (χ1n) is 9.72. The fourth-order valence-electron chi connectivity index (χ4n) is 3.82. The summed E-state index contributed by atoms with van der Waals surface area (Å²) in [5.41, 5.74) is 3.48. The van der Waals surface area contributed by atoms with Gasteiger partial charge in [-0.15, -0.1) is 0 Å². The summed E-state index contributed by atoms with van der Waals surface area (Å²) in [7, 11) is -3.49. The maximum atomic E-state index is 12.7. The zero-order valence-corrected chi connectivity index (χ0v) is 17.5. The Labute approximate surface area is 167 Å². The topological polar surface area (TPSA) is 66.5 Å². The average Bonchev–Trinajstić information content (AvgIpc) is 2.68. The number of hydrogen-bond acceptors (Lipinski definition) is 3. The molecular weight excluding hydrogens is 372 g/mol. The van der Waals surface area contributed by atoms with Gasteiger partial charge >= 0.3 is 0 Å². The van der Waals surface area contributed by atoms with Crippen molar-refractivity contribution in [2.24, 2.45) is 5.92 Å². The lowest BCUT2D eigenvalue weighted by Crippen LogP contribution is -2.43. The van der Waals surface area contributed by atoms with Crippen molar-refractivity contribution >= 4 is 15.9 Å². The van der Waals surface area contributed by atoms with Gasteiger partial charge in [0.1, 0.15) is 0 Å². The van der Waals surface area contributed by atoms with E-state index in [1.807, 2.05) is 6.92 Å². The van der Waals surface area contributed by atoms with Gasteiger partial charge in [0.2, 0.25) is 15.9 Å². The number of hydrogen-bond donors (Lipinski definition) is 1. The summed E-state index contributed by atoms with van der Waals surface area (Å²) in [6.45, 7) is 6.83. The third-order valence-electron chi connectivity index (χ3n) is 5.46. The number of carbonyl (C=O) groups excluding carboxylic acids is 1. The van der Waals surface area contributed by atoms with E-state index in [0.29, 0.717) is 30.8 Å². The first-order chi connectivity index (χ1) is 13.3. The summed E-state index contributed by atoms with van der Waals surface area (Å²) in [6, 6.07) is 14.6. The summed E-state index contributed by atoms with van der Waals surface area (Å²) in [6.07, 6.45) is 1.08. The second-order valence-corrected chi connectivity index (χ2v) is 9.52. The van der Waals surface area contributed by atoms with Gasteiger partial charge in [0.05, 0.1) is 10.9 Å². The average molecular weight is 401 g/mol. The number of rotatable bonds is 5. The van der Waals surface area contributed by atoms with Crippen molar-refractivity contribution in [3.05, 3.63) is 65.2 Å². The van der Waals surface area contributed by atoms with E-state index >= 15 is 0 Å². The zero-order valence-electron chi connectivity index (χ0n) is 16.7. The van der Waals surface area contributed by atoms with Crippen molar-refractivity contribution in [1.82, 2.24) is 9.62 Å². The van der Waals surface area contributed by atoms with E-state index in [0.717, 1.165) is 11.1 Å². The fourth-order valence-corrected chi connectivity index (χ4v) is 5.31. The van der Waals surface area contributed by atoms with Crippen LogP contribution in [0.15, 0.2) is 53.4 Å². The van der Waals surface area contributed by atoms with Crippen LogP contribution in [0, 0.1) is 19.8 Å². The highest BCUT2D eigenvalue weighted by Crippen LogP contribution is 2.25. The highest BCUT2D eigenvalue weighted by Gasteiger charge is 2.32. The molecule has 2 aromatic rings. The van der Waals surface area contributed by atoms with Crippen LogP contribution in [0.2, 0.25) is 0 Å². The minimum Gasteiger partial charge on any atom is -0.349 e. The Kier molecular flexibility index (Phi) is 6.20. The Morgan fingerprint density at radius 3 is 2.32 bits per heavy atom. The number of sulfonamides is 1. The number of nitrogens with zero attached hydrogens (tertiary/aromatic N) is 1. The van der Waals surface area contributed by atoms with E-state index in [9.17, 15) is 13.2 Å². The van der Waals surface area contributed by atoms with Gasteiger partial charge < -0.3 is 5.32 Å². The Morgan fingerprint density at radius 1 is 1.07 bits per heavy atom. The van der Waals surface area contributed by atoms with Crippen molar-refractivity contribution in [3.63, 3.8) is 0 Å². The molecule has 0 aliphatic carbocycles. The maximum absolute atomic E-state index is 12.7. The molecule has 1 heterocycles. The van der Waals surface area contributed by atoms with Crippen LogP contribution >= 0.6 is 0 Å². The van der Waals surface area contributed by atoms with Crippen LogP contribution < -0.4 is 5.32 Å². The number of carbonyl (C=O) groups is 1. The minimum atomic E-state index is -3.49. The van der Waals surface area contributed by atoms with Crippen LogP contribution in [0.25, 0.3) is 0 Å². The normalized spacial score (nSPS) is 17.2. The number of amides is 1. The van der Waals surface area contributed by atoms with Gasteiger partial charge in [-0.2, -0.15) is 4.31 Å². The highest BCUT2D eigenvalue weighted by atomic mass is 32.2. The molecule has 1 fully saturated rings. The molecule has 1 amide bonds. The van der Waals surface area contributed by atoms with Crippen molar-refractivity contribution in [3.8, 4) is 0 Å². The number of benzene rings is 2. The van der Waals surface area contributed by atoms with Gasteiger partial charge in [-0.25, -0.2) is 8.42 Å². The molecule has 0 bridgehead atoms. The molecule has 1 saturated heterocycles.